The first-order valence-electron chi connectivity index (χ1n) is 4.75. The van der Waals surface area contributed by atoms with Gasteiger partial charge in [0.2, 0.25) is 7.41 Å². The highest BCUT2D eigenvalue weighted by molar-refractivity contribution is 6.50. The van der Waals surface area contributed by atoms with Crippen molar-refractivity contribution in [2.24, 2.45) is 0 Å². The van der Waals surface area contributed by atoms with Gasteiger partial charge in [0, 0.05) is 0 Å². The Bertz CT molecular complexity index is 263. The predicted octanol–water partition coefficient (Wildman–Crippen LogP) is 1.50. The lowest BCUT2D eigenvalue weighted by atomic mass is 9.79. The van der Waals surface area contributed by atoms with Crippen molar-refractivity contribution in [2.45, 2.75) is 20.8 Å². The summed E-state index contributed by atoms with van der Waals surface area (Å²) in [5, 5.41) is 0. The Morgan fingerprint density at radius 2 is 1.69 bits per heavy atom. The Kier molecular flexibility index (Phi) is 3.55. The van der Waals surface area contributed by atoms with Crippen LogP contribution in [0.15, 0.2) is 18.2 Å². The second-order valence-corrected chi connectivity index (χ2v) is 3.62. The smallest absolute Gasteiger partial charge is 0.247 e. The minimum absolute atomic E-state index is 1.05. The average molecular weight is 174 g/mol. The number of rotatable bonds is 3. The quantitative estimate of drug-likeness (QED) is 0.627. The zero-order chi connectivity index (χ0) is 9.84. The number of hydrogen-bond acceptors (Lipinski definition) is 1. The van der Waals surface area contributed by atoms with Gasteiger partial charge in [0.15, 0.2) is 0 Å². The van der Waals surface area contributed by atoms with Crippen molar-refractivity contribution >= 4 is 12.9 Å². The van der Waals surface area contributed by atoms with Crippen LogP contribution >= 0.6 is 0 Å². The van der Waals surface area contributed by atoms with E-state index < -0.39 is 0 Å². The first-order valence-corrected chi connectivity index (χ1v) is 4.75. The molecule has 0 aliphatic heterocycles. The molecule has 13 heavy (non-hydrogen) atoms. The van der Waals surface area contributed by atoms with Gasteiger partial charge >= 0.3 is 0 Å². The van der Waals surface area contributed by atoms with Crippen LogP contribution in [-0.2, 0) is 0 Å². The van der Waals surface area contributed by atoms with Crippen LogP contribution in [0.1, 0.15) is 18.1 Å². The third-order valence-corrected chi connectivity index (χ3v) is 2.11. The van der Waals surface area contributed by atoms with Gasteiger partial charge in [-0.15, -0.1) is 0 Å². The highest BCUT2D eigenvalue weighted by atomic mass is 15.0. The molecule has 1 nitrogen and oxygen atoms in total. The maximum atomic E-state index is 2.21. The van der Waals surface area contributed by atoms with Crippen molar-refractivity contribution in [1.29, 1.82) is 0 Å². The first kappa shape index (κ1) is 10.3. The van der Waals surface area contributed by atoms with Crippen LogP contribution in [0.2, 0.25) is 0 Å². The Balaban J connectivity index is 2.77. The van der Waals surface area contributed by atoms with Gasteiger partial charge in [-0.25, -0.2) is 0 Å². The zero-order valence-corrected chi connectivity index (χ0v) is 8.96. The molecule has 1 aromatic carbocycles. The molecule has 0 N–H and O–H groups in total. The highest BCUT2D eigenvalue weighted by Gasteiger charge is 2.01. The highest BCUT2D eigenvalue weighted by Crippen LogP contribution is 1.99. The van der Waals surface area contributed by atoms with Gasteiger partial charge < -0.3 is 4.81 Å². The standard InChI is InChI=1S/C11H17BN/c1-5-13(4)12-11-7-9(2)6-10(3)8-11/h6-8H,5H2,1-4H3. The molecule has 69 valence electrons. The van der Waals surface area contributed by atoms with Gasteiger partial charge in [0.05, 0.1) is 0 Å². The van der Waals surface area contributed by atoms with E-state index in [-0.39, 0.29) is 0 Å². The van der Waals surface area contributed by atoms with E-state index in [4.69, 9.17) is 0 Å². The van der Waals surface area contributed by atoms with Gasteiger partial charge in [0.25, 0.3) is 0 Å². The molecular formula is C11H17BN. The van der Waals surface area contributed by atoms with Crippen molar-refractivity contribution in [2.75, 3.05) is 13.6 Å². The summed E-state index contributed by atoms with van der Waals surface area (Å²) < 4.78 is 0. The van der Waals surface area contributed by atoms with E-state index in [1.807, 2.05) is 0 Å². The fraction of sp³-hybridized carbons (Fsp3) is 0.455. The number of aryl methyl sites for hydroxylation is 2. The summed E-state index contributed by atoms with van der Waals surface area (Å²) in [6.45, 7) is 7.47. The predicted molar refractivity (Wildman–Crippen MR) is 59.6 cm³/mol. The van der Waals surface area contributed by atoms with Crippen LogP contribution in [0.4, 0.5) is 0 Å². The van der Waals surface area contributed by atoms with Crippen LogP contribution < -0.4 is 5.46 Å². The van der Waals surface area contributed by atoms with E-state index in [0.29, 0.717) is 0 Å². The van der Waals surface area contributed by atoms with E-state index in [0.717, 1.165) is 6.54 Å². The van der Waals surface area contributed by atoms with Crippen molar-refractivity contribution in [1.82, 2.24) is 4.81 Å². The lowest BCUT2D eigenvalue weighted by Crippen LogP contribution is -2.32. The molecule has 0 unspecified atom stereocenters. The number of hydrogen-bond donors (Lipinski definition) is 0. The molecule has 1 aromatic rings. The normalized spacial score (nSPS) is 10.5. The van der Waals surface area contributed by atoms with Crippen molar-refractivity contribution in [3.05, 3.63) is 29.3 Å². The topological polar surface area (TPSA) is 3.24 Å². The van der Waals surface area contributed by atoms with Crippen molar-refractivity contribution in [3.63, 3.8) is 0 Å². The van der Waals surface area contributed by atoms with Gasteiger partial charge in [-0.3, -0.25) is 0 Å². The van der Waals surface area contributed by atoms with Gasteiger partial charge in [-0.05, 0) is 27.4 Å². The van der Waals surface area contributed by atoms with E-state index in [1.54, 1.807) is 0 Å². The fourth-order valence-electron chi connectivity index (χ4n) is 1.43. The molecular weight excluding hydrogens is 157 g/mol. The van der Waals surface area contributed by atoms with Crippen molar-refractivity contribution < 1.29 is 0 Å². The van der Waals surface area contributed by atoms with Crippen molar-refractivity contribution in [3.8, 4) is 0 Å². The molecule has 0 amide bonds. The molecule has 0 aliphatic carbocycles. The molecule has 0 fully saturated rings. The summed E-state index contributed by atoms with van der Waals surface area (Å²) in [5.74, 6) is 0. The van der Waals surface area contributed by atoms with Crippen LogP contribution in [-0.4, -0.2) is 25.8 Å². The maximum Gasteiger partial charge on any atom is 0.247 e. The monoisotopic (exact) mass is 174 g/mol. The first-order chi connectivity index (χ1) is 6.11. The SMILES string of the molecule is CCN(C)[B]c1cc(C)cc(C)c1. The fourth-order valence-corrected chi connectivity index (χ4v) is 1.43. The van der Waals surface area contributed by atoms with Crippen LogP contribution in [0, 0.1) is 13.8 Å². The molecule has 0 heterocycles. The second kappa shape index (κ2) is 4.47. The summed E-state index contributed by atoms with van der Waals surface area (Å²) in [7, 11) is 4.28. The lowest BCUT2D eigenvalue weighted by molar-refractivity contribution is 0.573. The summed E-state index contributed by atoms with van der Waals surface area (Å²) in [6, 6.07) is 6.61. The van der Waals surface area contributed by atoms with Gasteiger partial charge in [-0.1, -0.05) is 41.7 Å². The minimum atomic E-state index is 1.05. The molecule has 1 rings (SSSR count). The molecule has 1 radical (unpaired) electrons. The van der Waals surface area contributed by atoms with E-state index in [2.05, 4.69) is 58.2 Å². The Morgan fingerprint density at radius 1 is 1.15 bits per heavy atom. The summed E-state index contributed by atoms with van der Waals surface area (Å²) in [5.41, 5.74) is 3.95. The van der Waals surface area contributed by atoms with Crippen LogP contribution in [0.5, 0.6) is 0 Å². The summed E-state index contributed by atoms with van der Waals surface area (Å²) in [6.07, 6.45) is 0. The molecule has 0 saturated heterocycles. The maximum absolute atomic E-state index is 2.21. The Labute approximate surface area is 82.0 Å². The summed E-state index contributed by atoms with van der Waals surface area (Å²) >= 11 is 0. The Hall–Kier alpha value is -0.755. The van der Waals surface area contributed by atoms with E-state index >= 15 is 0 Å². The number of nitrogens with zero attached hydrogens (tertiary/aromatic N) is 1. The molecule has 2 heteroatoms. The Morgan fingerprint density at radius 3 is 2.15 bits per heavy atom. The third-order valence-electron chi connectivity index (χ3n) is 2.11. The third kappa shape index (κ3) is 3.23. The van der Waals surface area contributed by atoms with Gasteiger partial charge in [0.1, 0.15) is 0 Å². The van der Waals surface area contributed by atoms with Gasteiger partial charge in [-0.2, -0.15) is 0 Å². The minimum Gasteiger partial charge on any atom is -0.345 e. The molecule has 0 bridgehead atoms. The van der Waals surface area contributed by atoms with Crippen LogP contribution in [0.25, 0.3) is 0 Å². The van der Waals surface area contributed by atoms with Crippen LogP contribution in [0.3, 0.4) is 0 Å². The lowest BCUT2D eigenvalue weighted by Gasteiger charge is -2.13. The van der Waals surface area contributed by atoms with E-state index in [9.17, 15) is 0 Å². The molecule has 0 saturated carbocycles. The molecule has 0 aliphatic rings. The largest absolute Gasteiger partial charge is 0.345 e. The molecule has 0 atom stereocenters. The summed E-state index contributed by atoms with van der Waals surface area (Å²) in [4.78, 5) is 2.19. The zero-order valence-electron chi connectivity index (χ0n) is 8.96. The molecule has 0 aromatic heterocycles. The number of benzene rings is 1. The molecule has 0 spiro atoms. The van der Waals surface area contributed by atoms with E-state index in [1.165, 1.54) is 16.6 Å². The average Bonchev–Trinajstić information content (AvgIpc) is 2.02. The second-order valence-electron chi connectivity index (χ2n) is 3.62.